The first-order chi connectivity index (χ1) is 9.90. The van der Waals surface area contributed by atoms with Gasteiger partial charge in [0.1, 0.15) is 0 Å². The van der Waals surface area contributed by atoms with Crippen molar-refractivity contribution in [2.24, 2.45) is 0 Å². The molecule has 0 atom stereocenters. The van der Waals surface area contributed by atoms with Crippen LogP contribution in [0.3, 0.4) is 0 Å². The van der Waals surface area contributed by atoms with Crippen LogP contribution in [0.1, 0.15) is 15.9 Å². The van der Waals surface area contributed by atoms with Gasteiger partial charge in [0, 0.05) is 13.2 Å². The molecule has 0 saturated heterocycles. The molecule has 1 aromatic heterocycles. The van der Waals surface area contributed by atoms with Crippen molar-refractivity contribution in [3.05, 3.63) is 59.9 Å². The number of hydrogen-bond donors (Lipinski definition) is 1. The third kappa shape index (κ3) is 3.57. The number of carbonyl (C=O) groups is 1. The average molecular weight is 306 g/mol. The molecule has 1 N–H and O–H groups in total. The number of hydrogen-bond acceptors (Lipinski definition) is 4. The molecule has 1 heterocycles. The summed E-state index contributed by atoms with van der Waals surface area (Å²) < 4.78 is 25.8. The van der Waals surface area contributed by atoms with Crippen LogP contribution in [0.15, 0.2) is 48.8 Å². The summed E-state index contributed by atoms with van der Waals surface area (Å²) in [5, 5.41) is 8.81. The minimum Gasteiger partial charge on any atom is -0.478 e. The molecular weight excluding hydrogens is 292 g/mol. The normalized spacial score (nSPS) is 11.1. The van der Waals surface area contributed by atoms with E-state index in [9.17, 15) is 13.2 Å². The Balaban J connectivity index is 2.19. The van der Waals surface area contributed by atoms with Crippen LogP contribution >= 0.6 is 0 Å². The molecule has 0 aliphatic carbocycles. The molecule has 0 fully saturated rings. The lowest BCUT2D eigenvalue weighted by atomic mass is 10.1. The standard InChI is InChI=1S/C14H14N2O4S/c1-16(13-3-2-8-15-9-13)21(19,20)10-11-4-6-12(7-5-11)14(17)18/h2-9H,10H2,1H3,(H,17,18). The maximum Gasteiger partial charge on any atom is 0.335 e. The van der Waals surface area contributed by atoms with Gasteiger partial charge in [-0.1, -0.05) is 12.1 Å². The van der Waals surface area contributed by atoms with E-state index in [0.29, 0.717) is 11.3 Å². The molecule has 0 unspecified atom stereocenters. The highest BCUT2D eigenvalue weighted by molar-refractivity contribution is 7.92. The van der Waals surface area contributed by atoms with Crippen LogP contribution in [0.4, 0.5) is 5.69 Å². The number of rotatable bonds is 5. The number of sulfonamides is 1. The molecule has 0 spiro atoms. The summed E-state index contributed by atoms with van der Waals surface area (Å²) in [7, 11) is -2.10. The predicted molar refractivity (Wildman–Crippen MR) is 78.7 cm³/mol. The smallest absolute Gasteiger partial charge is 0.335 e. The van der Waals surface area contributed by atoms with E-state index in [1.165, 1.54) is 37.5 Å². The topological polar surface area (TPSA) is 87.6 Å². The van der Waals surface area contributed by atoms with Gasteiger partial charge in [-0.3, -0.25) is 9.29 Å². The zero-order chi connectivity index (χ0) is 15.5. The molecule has 1 aromatic carbocycles. The summed E-state index contributed by atoms with van der Waals surface area (Å²) in [6.07, 6.45) is 3.03. The van der Waals surface area contributed by atoms with Crippen molar-refractivity contribution in [2.75, 3.05) is 11.4 Å². The van der Waals surface area contributed by atoms with Crippen molar-refractivity contribution < 1.29 is 18.3 Å². The Morgan fingerprint density at radius 2 is 1.90 bits per heavy atom. The molecule has 110 valence electrons. The number of benzene rings is 1. The summed E-state index contributed by atoms with van der Waals surface area (Å²) >= 11 is 0. The van der Waals surface area contributed by atoms with E-state index in [0.717, 1.165) is 4.31 Å². The Labute approximate surface area is 122 Å². The average Bonchev–Trinajstić information content (AvgIpc) is 2.47. The second kappa shape index (κ2) is 5.92. The summed E-state index contributed by atoms with van der Waals surface area (Å²) in [6.45, 7) is 0. The zero-order valence-corrected chi connectivity index (χ0v) is 12.1. The molecule has 0 bridgehead atoms. The third-order valence-electron chi connectivity index (χ3n) is 2.98. The number of aromatic nitrogens is 1. The Kier molecular flexibility index (Phi) is 4.23. The van der Waals surface area contributed by atoms with Gasteiger partial charge in [-0.25, -0.2) is 13.2 Å². The molecular formula is C14H14N2O4S. The van der Waals surface area contributed by atoms with Crippen molar-refractivity contribution in [1.29, 1.82) is 0 Å². The van der Waals surface area contributed by atoms with Gasteiger partial charge in [0.15, 0.2) is 0 Å². The highest BCUT2D eigenvalue weighted by Crippen LogP contribution is 2.17. The molecule has 0 saturated carbocycles. The van der Waals surface area contributed by atoms with Gasteiger partial charge >= 0.3 is 5.97 Å². The number of nitrogens with zero attached hydrogens (tertiary/aromatic N) is 2. The first kappa shape index (κ1) is 15.0. The number of carboxylic acids is 1. The van der Waals surface area contributed by atoms with Crippen molar-refractivity contribution >= 4 is 21.7 Å². The lowest BCUT2D eigenvalue weighted by Crippen LogP contribution is -2.27. The Morgan fingerprint density at radius 3 is 2.43 bits per heavy atom. The Morgan fingerprint density at radius 1 is 1.24 bits per heavy atom. The highest BCUT2D eigenvalue weighted by Gasteiger charge is 2.19. The van der Waals surface area contributed by atoms with Crippen LogP contribution in [0.25, 0.3) is 0 Å². The van der Waals surface area contributed by atoms with Crippen molar-refractivity contribution in [2.45, 2.75) is 5.75 Å². The molecule has 21 heavy (non-hydrogen) atoms. The van der Waals surface area contributed by atoms with Crippen LogP contribution in [0.2, 0.25) is 0 Å². The van der Waals surface area contributed by atoms with Gasteiger partial charge in [-0.05, 0) is 29.8 Å². The minimum atomic E-state index is -3.55. The van der Waals surface area contributed by atoms with Gasteiger partial charge in [-0.15, -0.1) is 0 Å². The molecule has 0 amide bonds. The zero-order valence-electron chi connectivity index (χ0n) is 11.3. The maximum absolute atomic E-state index is 12.3. The first-order valence-electron chi connectivity index (χ1n) is 6.09. The summed E-state index contributed by atoms with van der Waals surface area (Å²) in [5.41, 5.74) is 1.12. The maximum atomic E-state index is 12.3. The van der Waals surface area contributed by atoms with E-state index < -0.39 is 16.0 Å². The summed E-state index contributed by atoms with van der Waals surface area (Å²) in [5.74, 6) is -1.25. The van der Waals surface area contributed by atoms with Crippen LogP contribution in [0, 0.1) is 0 Å². The van der Waals surface area contributed by atoms with Crippen molar-refractivity contribution in [3.8, 4) is 0 Å². The van der Waals surface area contributed by atoms with Gasteiger partial charge < -0.3 is 5.11 Å². The van der Waals surface area contributed by atoms with E-state index in [4.69, 9.17) is 5.11 Å². The quantitative estimate of drug-likeness (QED) is 0.909. The predicted octanol–water partition coefficient (Wildman–Crippen LogP) is 1.75. The minimum absolute atomic E-state index is 0.122. The Bertz CT molecular complexity index is 727. The number of aromatic carboxylic acids is 1. The van der Waals surface area contributed by atoms with Gasteiger partial charge in [0.2, 0.25) is 10.0 Å². The lowest BCUT2D eigenvalue weighted by molar-refractivity contribution is 0.0697. The lowest BCUT2D eigenvalue weighted by Gasteiger charge is -2.19. The number of anilines is 1. The molecule has 0 radical (unpaired) electrons. The molecule has 2 rings (SSSR count). The second-order valence-electron chi connectivity index (χ2n) is 4.44. The van der Waals surface area contributed by atoms with E-state index in [1.54, 1.807) is 18.3 Å². The van der Waals surface area contributed by atoms with Crippen LogP contribution < -0.4 is 4.31 Å². The molecule has 7 heteroatoms. The van der Waals surface area contributed by atoms with Crippen LogP contribution in [0.5, 0.6) is 0 Å². The monoisotopic (exact) mass is 306 g/mol. The van der Waals surface area contributed by atoms with Crippen LogP contribution in [-0.2, 0) is 15.8 Å². The summed E-state index contributed by atoms with van der Waals surface area (Å²) in [6, 6.07) is 9.08. The number of carboxylic acid groups (broad SMARTS) is 1. The Hall–Kier alpha value is -2.41. The molecule has 0 aliphatic rings. The van der Waals surface area contributed by atoms with E-state index >= 15 is 0 Å². The van der Waals surface area contributed by atoms with Gasteiger partial charge in [0.25, 0.3) is 0 Å². The third-order valence-corrected chi connectivity index (χ3v) is 4.72. The second-order valence-corrected chi connectivity index (χ2v) is 6.44. The fraction of sp³-hybridized carbons (Fsp3) is 0.143. The van der Waals surface area contributed by atoms with Crippen molar-refractivity contribution in [3.63, 3.8) is 0 Å². The highest BCUT2D eigenvalue weighted by atomic mass is 32.2. The summed E-state index contributed by atoms with van der Waals surface area (Å²) in [4.78, 5) is 14.6. The van der Waals surface area contributed by atoms with Crippen molar-refractivity contribution in [1.82, 2.24) is 4.98 Å². The van der Waals surface area contributed by atoms with Gasteiger partial charge in [0.05, 0.1) is 23.2 Å². The first-order valence-corrected chi connectivity index (χ1v) is 7.70. The number of pyridine rings is 1. The molecule has 0 aliphatic heterocycles. The van der Waals surface area contributed by atoms with E-state index in [1.807, 2.05) is 0 Å². The van der Waals surface area contributed by atoms with Crippen LogP contribution in [-0.4, -0.2) is 31.5 Å². The molecule has 2 aromatic rings. The molecule has 6 nitrogen and oxygen atoms in total. The SMILES string of the molecule is CN(c1cccnc1)S(=O)(=O)Cc1ccc(C(=O)O)cc1. The van der Waals surface area contributed by atoms with E-state index in [-0.39, 0.29) is 11.3 Å². The van der Waals surface area contributed by atoms with E-state index in [2.05, 4.69) is 4.98 Å². The largest absolute Gasteiger partial charge is 0.478 e. The van der Waals surface area contributed by atoms with Gasteiger partial charge in [-0.2, -0.15) is 0 Å². The fourth-order valence-electron chi connectivity index (χ4n) is 1.75. The fourth-order valence-corrected chi connectivity index (χ4v) is 2.99.